The molecule has 1 aliphatic rings. The molecule has 31 heavy (non-hydrogen) atoms. The molecule has 1 aromatic heterocycles. The van der Waals surface area contributed by atoms with Crippen LogP contribution in [0, 0.1) is 16.0 Å². The zero-order valence-electron chi connectivity index (χ0n) is 17.3. The number of aryl methyl sites for hydroxylation is 2. The number of rotatable bonds is 6. The van der Waals surface area contributed by atoms with E-state index >= 15 is 0 Å². The Bertz CT molecular complexity index is 1310. The van der Waals surface area contributed by atoms with Gasteiger partial charge in [-0.25, -0.2) is 8.42 Å². The van der Waals surface area contributed by atoms with E-state index in [-0.39, 0.29) is 22.3 Å². The van der Waals surface area contributed by atoms with Crippen molar-refractivity contribution in [3.63, 3.8) is 0 Å². The zero-order valence-corrected chi connectivity index (χ0v) is 18.9. The van der Waals surface area contributed by atoms with Crippen LogP contribution >= 0.6 is 11.6 Å². The normalized spacial score (nSPS) is 14.1. The molecule has 162 valence electrons. The van der Waals surface area contributed by atoms with Crippen LogP contribution in [0.15, 0.2) is 41.4 Å². The number of hydrogen-bond donors (Lipinski definition) is 0. The van der Waals surface area contributed by atoms with Crippen molar-refractivity contribution < 1.29 is 13.3 Å². The van der Waals surface area contributed by atoms with Crippen LogP contribution in [0.1, 0.15) is 37.1 Å². The van der Waals surface area contributed by atoms with Crippen molar-refractivity contribution in [1.82, 2.24) is 4.57 Å². The van der Waals surface area contributed by atoms with E-state index in [1.54, 1.807) is 24.4 Å². The standard InChI is InChI=1S/C23H23ClN2O4S/c1-15(2)14-31(29,30)22-12-21(26(27)28)19-13-25-11-3-4-20(25)23(19)18(22)10-7-16-5-8-17(24)9-6-16/h5-10,12-13,15H,3-4,11,14H2,1-2H3/b10-7+. The third-order valence-corrected chi connectivity index (χ3v) is 7.84. The van der Waals surface area contributed by atoms with Crippen LogP contribution in [-0.2, 0) is 22.8 Å². The molecular weight excluding hydrogens is 436 g/mol. The molecule has 3 aromatic rings. The fraction of sp³-hybridized carbons (Fsp3) is 0.304. The first kappa shape index (κ1) is 21.6. The molecule has 0 radical (unpaired) electrons. The van der Waals surface area contributed by atoms with E-state index in [1.807, 2.05) is 36.6 Å². The Balaban J connectivity index is 2.03. The van der Waals surface area contributed by atoms with E-state index < -0.39 is 14.8 Å². The molecule has 0 atom stereocenters. The lowest BCUT2D eigenvalue weighted by Gasteiger charge is -2.13. The predicted molar refractivity (Wildman–Crippen MR) is 124 cm³/mol. The number of nitro benzene ring substituents is 1. The zero-order chi connectivity index (χ0) is 22.3. The van der Waals surface area contributed by atoms with Crippen molar-refractivity contribution in [2.24, 2.45) is 5.92 Å². The van der Waals surface area contributed by atoms with E-state index in [0.717, 1.165) is 30.6 Å². The van der Waals surface area contributed by atoms with Gasteiger partial charge in [0, 0.05) is 40.5 Å². The Morgan fingerprint density at radius 2 is 1.94 bits per heavy atom. The first-order valence-electron chi connectivity index (χ1n) is 10.2. The van der Waals surface area contributed by atoms with Crippen molar-refractivity contribution >= 4 is 50.1 Å². The number of nitrogens with zero attached hydrogens (tertiary/aromatic N) is 2. The van der Waals surface area contributed by atoms with Gasteiger partial charge < -0.3 is 4.57 Å². The molecule has 0 aliphatic carbocycles. The molecule has 2 aromatic carbocycles. The van der Waals surface area contributed by atoms with Crippen molar-refractivity contribution in [2.45, 2.75) is 38.1 Å². The van der Waals surface area contributed by atoms with Crippen LogP contribution in [0.3, 0.4) is 0 Å². The highest BCUT2D eigenvalue weighted by molar-refractivity contribution is 7.91. The van der Waals surface area contributed by atoms with Crippen molar-refractivity contribution in [2.75, 3.05) is 5.75 Å². The Morgan fingerprint density at radius 1 is 1.23 bits per heavy atom. The SMILES string of the molecule is CC(C)CS(=O)(=O)c1cc([N+](=O)[O-])c2cn3c(c2c1/C=C/c1ccc(Cl)cc1)CCC3. The fourth-order valence-electron chi connectivity index (χ4n) is 4.24. The van der Waals surface area contributed by atoms with Gasteiger partial charge in [0.1, 0.15) is 0 Å². The molecule has 4 rings (SSSR count). The Hall–Kier alpha value is -2.64. The summed E-state index contributed by atoms with van der Waals surface area (Å²) in [5, 5.41) is 13.6. The lowest BCUT2D eigenvalue weighted by molar-refractivity contribution is -0.383. The van der Waals surface area contributed by atoms with Crippen LogP contribution in [0.25, 0.3) is 22.9 Å². The van der Waals surface area contributed by atoms with Crippen molar-refractivity contribution in [1.29, 1.82) is 0 Å². The summed E-state index contributed by atoms with van der Waals surface area (Å²) < 4.78 is 28.6. The van der Waals surface area contributed by atoms with Gasteiger partial charge in [0.05, 0.1) is 21.0 Å². The molecule has 0 fully saturated rings. The molecule has 0 saturated carbocycles. The quantitative estimate of drug-likeness (QED) is 0.267. The summed E-state index contributed by atoms with van der Waals surface area (Å²) in [5.41, 5.74) is 2.17. The van der Waals surface area contributed by atoms with Crippen LogP contribution < -0.4 is 0 Å². The van der Waals surface area contributed by atoms with Crippen LogP contribution in [0.4, 0.5) is 5.69 Å². The second-order valence-corrected chi connectivity index (χ2v) is 10.7. The summed E-state index contributed by atoms with van der Waals surface area (Å²) >= 11 is 5.97. The topological polar surface area (TPSA) is 82.2 Å². The molecule has 0 bridgehead atoms. The number of hydrogen-bond acceptors (Lipinski definition) is 4. The summed E-state index contributed by atoms with van der Waals surface area (Å²) in [7, 11) is -3.73. The molecule has 1 aliphatic heterocycles. The summed E-state index contributed by atoms with van der Waals surface area (Å²) in [6.45, 7) is 4.42. The molecule has 2 heterocycles. The van der Waals surface area contributed by atoms with Gasteiger partial charge in [-0.05, 0) is 36.5 Å². The van der Waals surface area contributed by atoms with Gasteiger partial charge in [-0.2, -0.15) is 0 Å². The van der Waals surface area contributed by atoms with Crippen molar-refractivity contribution in [3.05, 3.63) is 68.5 Å². The van der Waals surface area contributed by atoms with Gasteiger partial charge in [-0.3, -0.25) is 10.1 Å². The first-order valence-corrected chi connectivity index (χ1v) is 12.2. The fourth-order valence-corrected chi connectivity index (χ4v) is 6.22. The molecule has 0 spiro atoms. The minimum Gasteiger partial charge on any atom is -0.350 e. The lowest BCUT2D eigenvalue weighted by Crippen LogP contribution is -2.14. The average molecular weight is 459 g/mol. The Labute approximate surface area is 186 Å². The third-order valence-electron chi connectivity index (χ3n) is 5.48. The molecule has 0 amide bonds. The number of aromatic nitrogens is 1. The highest BCUT2D eigenvalue weighted by Gasteiger charge is 2.30. The molecule has 8 heteroatoms. The van der Waals surface area contributed by atoms with Gasteiger partial charge in [0.2, 0.25) is 0 Å². The van der Waals surface area contributed by atoms with E-state index in [9.17, 15) is 18.5 Å². The van der Waals surface area contributed by atoms with Gasteiger partial charge >= 0.3 is 0 Å². The minimum absolute atomic E-state index is 0.0199. The van der Waals surface area contributed by atoms with Gasteiger partial charge in [-0.1, -0.05) is 49.7 Å². The highest BCUT2D eigenvalue weighted by Crippen LogP contribution is 2.40. The third kappa shape index (κ3) is 4.12. The molecule has 0 saturated heterocycles. The average Bonchev–Trinajstić information content (AvgIpc) is 3.27. The number of fused-ring (bicyclic) bond motifs is 3. The smallest absolute Gasteiger partial charge is 0.280 e. The number of nitro groups is 1. The summed E-state index contributed by atoms with van der Waals surface area (Å²) in [5.74, 6) is -0.180. The van der Waals surface area contributed by atoms with Crippen LogP contribution in [0.2, 0.25) is 5.02 Å². The van der Waals surface area contributed by atoms with Crippen LogP contribution in [-0.4, -0.2) is 23.7 Å². The minimum atomic E-state index is -3.73. The highest BCUT2D eigenvalue weighted by atomic mass is 35.5. The Morgan fingerprint density at radius 3 is 2.58 bits per heavy atom. The first-order chi connectivity index (χ1) is 14.7. The predicted octanol–water partition coefficient (Wildman–Crippen LogP) is 5.75. The largest absolute Gasteiger partial charge is 0.350 e. The lowest BCUT2D eigenvalue weighted by atomic mass is 10.0. The van der Waals surface area contributed by atoms with E-state index in [1.165, 1.54) is 6.07 Å². The van der Waals surface area contributed by atoms with Gasteiger partial charge in [-0.15, -0.1) is 0 Å². The summed E-state index contributed by atoms with van der Waals surface area (Å²) in [6, 6.07) is 8.44. The molecule has 0 N–H and O–H groups in total. The van der Waals surface area contributed by atoms with Gasteiger partial charge in [0.25, 0.3) is 5.69 Å². The van der Waals surface area contributed by atoms with E-state index in [0.29, 0.717) is 21.4 Å². The van der Waals surface area contributed by atoms with E-state index in [4.69, 9.17) is 11.6 Å². The monoisotopic (exact) mass is 458 g/mol. The maximum atomic E-state index is 13.3. The van der Waals surface area contributed by atoms with E-state index in [2.05, 4.69) is 0 Å². The maximum absolute atomic E-state index is 13.3. The number of benzene rings is 2. The molecule has 6 nitrogen and oxygen atoms in total. The maximum Gasteiger partial charge on any atom is 0.280 e. The molecular formula is C23H23ClN2O4S. The summed E-state index contributed by atoms with van der Waals surface area (Å²) in [6.07, 6.45) is 7.07. The second kappa shape index (κ2) is 8.13. The molecule has 0 unspecified atom stereocenters. The van der Waals surface area contributed by atoms with Gasteiger partial charge in [0.15, 0.2) is 9.84 Å². The van der Waals surface area contributed by atoms with Crippen molar-refractivity contribution in [3.8, 4) is 0 Å². The van der Waals surface area contributed by atoms with Crippen LogP contribution in [0.5, 0.6) is 0 Å². The number of halogens is 1. The number of sulfone groups is 1. The second-order valence-electron chi connectivity index (χ2n) is 8.29. The Kier molecular flexibility index (Phi) is 5.66. The summed E-state index contributed by atoms with van der Waals surface area (Å²) in [4.78, 5) is 11.4. The number of non-ortho nitro benzene ring substituents is 1.